The molecular formula is C25H29F3N2S. The van der Waals surface area contributed by atoms with Crippen LogP contribution in [-0.4, -0.2) is 9.78 Å². The minimum Gasteiger partial charge on any atom is -0.265 e. The Morgan fingerprint density at radius 3 is 2.39 bits per heavy atom. The van der Waals surface area contributed by atoms with Gasteiger partial charge in [0, 0.05) is 16.7 Å². The molecular weight excluding hydrogens is 417 g/mol. The summed E-state index contributed by atoms with van der Waals surface area (Å²) in [4.78, 5) is 0.635. The molecule has 0 aliphatic rings. The van der Waals surface area contributed by atoms with Gasteiger partial charge in [-0.3, -0.25) is 4.68 Å². The number of benzene rings is 2. The molecule has 2 aromatic carbocycles. The van der Waals surface area contributed by atoms with E-state index < -0.39 is 11.6 Å². The molecule has 6 heteroatoms. The zero-order chi connectivity index (χ0) is 23.0. The lowest BCUT2D eigenvalue weighted by Crippen LogP contribution is -2.05. The molecule has 0 amide bonds. The van der Waals surface area contributed by atoms with Gasteiger partial charge in [0.2, 0.25) is 0 Å². The van der Waals surface area contributed by atoms with Crippen LogP contribution >= 0.6 is 12.1 Å². The largest absolute Gasteiger partial charge is 0.265 e. The number of hydrogen-bond acceptors (Lipinski definition) is 2. The van der Waals surface area contributed by atoms with Gasteiger partial charge in [0.15, 0.2) is 0 Å². The molecule has 1 aromatic heterocycles. The third kappa shape index (κ3) is 7.03. The topological polar surface area (TPSA) is 17.8 Å². The summed E-state index contributed by atoms with van der Waals surface area (Å²) in [5.41, 5.74) is 5.93. The number of hydrogen-bond donors (Lipinski definition) is 0. The summed E-state index contributed by atoms with van der Waals surface area (Å²) in [7, 11) is 0. The molecule has 0 bridgehead atoms. The van der Waals surface area contributed by atoms with E-state index >= 15 is 0 Å². The summed E-state index contributed by atoms with van der Waals surface area (Å²) in [6.45, 7) is 12.8. The molecule has 0 saturated heterocycles. The van der Waals surface area contributed by atoms with Crippen LogP contribution < -0.4 is 0 Å². The summed E-state index contributed by atoms with van der Waals surface area (Å²) in [5, 5.41) is 4.64. The molecule has 0 unspecified atom stereocenters. The van der Waals surface area contributed by atoms with Gasteiger partial charge in [-0.15, -0.1) is 0 Å². The first-order valence-electron chi connectivity index (χ1n) is 10.3. The van der Waals surface area contributed by atoms with Crippen molar-refractivity contribution in [2.75, 3.05) is 0 Å². The van der Waals surface area contributed by atoms with E-state index in [4.69, 9.17) is 0 Å². The lowest BCUT2D eigenvalue weighted by molar-refractivity contribution is 0.573. The monoisotopic (exact) mass is 446 g/mol. The highest BCUT2D eigenvalue weighted by Gasteiger charge is 2.09. The maximum atomic E-state index is 12.7. The maximum Gasteiger partial charge on any atom is 0.129 e. The average Bonchev–Trinajstić information content (AvgIpc) is 3.11. The van der Waals surface area contributed by atoms with Crippen molar-refractivity contribution in [2.24, 2.45) is 0 Å². The smallest absolute Gasteiger partial charge is 0.129 e. The summed E-state index contributed by atoms with van der Waals surface area (Å²) in [5.74, 6) is -0.975. The molecule has 0 fully saturated rings. The van der Waals surface area contributed by atoms with Crippen molar-refractivity contribution in [1.29, 1.82) is 0 Å². The van der Waals surface area contributed by atoms with E-state index in [-0.39, 0.29) is 12.1 Å². The fourth-order valence-electron chi connectivity index (χ4n) is 3.11. The third-order valence-electron chi connectivity index (χ3n) is 5.02. The minimum absolute atomic E-state index is 0.279. The van der Waals surface area contributed by atoms with Crippen LogP contribution in [0.1, 0.15) is 54.8 Å². The van der Waals surface area contributed by atoms with Gasteiger partial charge in [0.1, 0.15) is 11.6 Å². The van der Waals surface area contributed by atoms with E-state index in [0.717, 1.165) is 47.0 Å². The first-order valence-corrected chi connectivity index (χ1v) is 11.0. The number of aromatic nitrogens is 2. The Morgan fingerprint density at radius 1 is 1.03 bits per heavy atom. The van der Waals surface area contributed by atoms with Crippen LogP contribution in [-0.2, 0) is 13.0 Å². The van der Waals surface area contributed by atoms with Crippen molar-refractivity contribution in [3.8, 4) is 0 Å². The van der Waals surface area contributed by atoms with Crippen molar-refractivity contribution in [1.82, 2.24) is 9.78 Å². The molecule has 0 aliphatic carbocycles. The third-order valence-corrected chi connectivity index (χ3v) is 5.45. The number of rotatable bonds is 7. The summed E-state index contributed by atoms with van der Waals surface area (Å²) >= 11 is 0.279. The van der Waals surface area contributed by atoms with E-state index in [9.17, 15) is 12.7 Å². The Bertz CT molecular complexity index is 1030. The Balaban J connectivity index is 0.000000285. The van der Waals surface area contributed by atoms with Gasteiger partial charge in [0.05, 0.1) is 24.4 Å². The first kappa shape index (κ1) is 24.8. The maximum absolute atomic E-state index is 12.7. The highest BCUT2D eigenvalue weighted by molar-refractivity contribution is 7.94. The van der Waals surface area contributed by atoms with Crippen molar-refractivity contribution >= 4 is 17.7 Å². The second kappa shape index (κ2) is 11.8. The predicted molar refractivity (Wildman–Crippen MR) is 124 cm³/mol. The van der Waals surface area contributed by atoms with Gasteiger partial charge in [-0.2, -0.15) is 8.98 Å². The molecule has 0 atom stereocenters. The quantitative estimate of drug-likeness (QED) is 0.367. The molecule has 0 saturated carbocycles. The van der Waals surface area contributed by atoms with Crippen LogP contribution in [0.3, 0.4) is 0 Å². The second-order valence-corrected chi connectivity index (χ2v) is 8.06. The van der Waals surface area contributed by atoms with Crippen molar-refractivity contribution in [2.45, 2.75) is 58.4 Å². The molecule has 31 heavy (non-hydrogen) atoms. The number of nitrogens with zero attached hydrogens (tertiary/aromatic N) is 2. The normalized spacial score (nSPS) is 10.5. The van der Waals surface area contributed by atoms with Crippen LogP contribution in [0.4, 0.5) is 12.7 Å². The van der Waals surface area contributed by atoms with Crippen LogP contribution in [0.2, 0.25) is 0 Å². The van der Waals surface area contributed by atoms with Gasteiger partial charge < -0.3 is 0 Å². The number of allylic oxidation sites excluding steroid dienone is 1. The molecule has 2 nitrogen and oxygen atoms in total. The molecule has 0 radical (unpaired) electrons. The average molecular weight is 447 g/mol. The Hall–Kier alpha value is -2.47. The van der Waals surface area contributed by atoms with E-state index in [1.807, 2.05) is 37.6 Å². The van der Waals surface area contributed by atoms with Crippen molar-refractivity contribution in [3.05, 3.63) is 88.8 Å². The summed E-state index contributed by atoms with van der Waals surface area (Å²) in [6, 6.07) is 11.3. The van der Waals surface area contributed by atoms with Crippen LogP contribution in [0.5, 0.6) is 0 Å². The van der Waals surface area contributed by atoms with Crippen molar-refractivity contribution < 1.29 is 12.7 Å². The zero-order valence-electron chi connectivity index (χ0n) is 18.5. The van der Waals surface area contributed by atoms with E-state index in [1.54, 1.807) is 6.07 Å². The molecule has 166 valence electrons. The van der Waals surface area contributed by atoms with Gasteiger partial charge in [0.25, 0.3) is 0 Å². The highest BCUT2D eigenvalue weighted by Crippen LogP contribution is 2.24. The predicted octanol–water partition coefficient (Wildman–Crippen LogP) is 7.87. The summed E-state index contributed by atoms with van der Waals surface area (Å²) in [6.07, 6.45) is 2.63. The molecule has 3 rings (SSSR count). The molecule has 1 heterocycles. The highest BCUT2D eigenvalue weighted by atomic mass is 32.2. The van der Waals surface area contributed by atoms with Crippen LogP contribution in [0.25, 0.3) is 5.57 Å². The Kier molecular flexibility index (Phi) is 9.44. The zero-order valence-corrected chi connectivity index (χ0v) is 19.3. The molecule has 0 N–H and O–H groups in total. The summed E-state index contributed by atoms with van der Waals surface area (Å²) < 4.78 is 39.6. The van der Waals surface area contributed by atoms with E-state index in [2.05, 4.69) is 24.7 Å². The van der Waals surface area contributed by atoms with Gasteiger partial charge in [-0.1, -0.05) is 39.0 Å². The number of halogens is 3. The standard InChI is InChI=1S/C17H21FN2S.C8H8F2/c1-5-6-13(3)17-9-14(4)20(19-17)11-15-10-16(21-18)8-7-12(15)2;1-2-6-3-4-7(9)5-8(6)10/h7-10H,3,5-6,11H2,1-2,4H3;3-5H,2H2,1H3. The SMILES string of the molecule is C=C(CCC)c1cc(C)n(Cc2cc(SF)ccc2C)n1.CCc1ccc(F)cc1F. The number of aryl methyl sites for hydroxylation is 3. The first-order chi connectivity index (χ1) is 14.8. The van der Waals surface area contributed by atoms with Gasteiger partial charge >= 0.3 is 0 Å². The van der Waals surface area contributed by atoms with Crippen molar-refractivity contribution in [3.63, 3.8) is 0 Å². The molecule has 3 aromatic rings. The second-order valence-electron chi connectivity index (χ2n) is 7.44. The van der Waals surface area contributed by atoms with Crippen LogP contribution in [0.15, 0.2) is 53.9 Å². The van der Waals surface area contributed by atoms with Crippen LogP contribution in [0, 0.1) is 25.5 Å². The minimum atomic E-state index is -0.519. The fraction of sp³-hybridized carbons (Fsp3) is 0.320. The fourth-order valence-corrected chi connectivity index (χ4v) is 3.42. The van der Waals surface area contributed by atoms with E-state index in [1.165, 1.54) is 12.1 Å². The van der Waals surface area contributed by atoms with Gasteiger partial charge in [-0.05, 0) is 73.2 Å². The molecule has 0 aliphatic heterocycles. The lowest BCUT2D eigenvalue weighted by Gasteiger charge is -2.09. The Labute approximate surface area is 187 Å². The van der Waals surface area contributed by atoms with Gasteiger partial charge in [-0.25, -0.2) is 8.78 Å². The Morgan fingerprint density at radius 2 is 1.77 bits per heavy atom. The van der Waals surface area contributed by atoms with E-state index in [0.29, 0.717) is 23.4 Å². The molecule has 0 spiro atoms. The lowest BCUT2D eigenvalue weighted by atomic mass is 10.1.